The SMILES string of the molecule is CC(C)(CO)Nc1cc(Cl)ccc1[N+](=O)[O-]. The molecule has 0 saturated heterocycles. The summed E-state index contributed by atoms with van der Waals surface area (Å²) in [6.07, 6.45) is 0. The molecule has 1 aromatic rings. The highest BCUT2D eigenvalue weighted by Crippen LogP contribution is 2.29. The van der Waals surface area contributed by atoms with Crippen LogP contribution in [-0.2, 0) is 0 Å². The Bertz CT molecular complexity index is 407. The molecule has 0 spiro atoms. The van der Waals surface area contributed by atoms with Crippen molar-refractivity contribution in [1.82, 2.24) is 0 Å². The van der Waals surface area contributed by atoms with Crippen LogP contribution in [0.4, 0.5) is 11.4 Å². The number of nitrogens with zero attached hydrogens (tertiary/aromatic N) is 1. The predicted octanol–water partition coefficient (Wildman–Crippen LogP) is 2.43. The van der Waals surface area contributed by atoms with E-state index in [0.29, 0.717) is 10.7 Å². The fraction of sp³-hybridized carbons (Fsp3) is 0.400. The van der Waals surface area contributed by atoms with Gasteiger partial charge in [-0.15, -0.1) is 0 Å². The van der Waals surface area contributed by atoms with Crippen LogP contribution in [0.15, 0.2) is 18.2 Å². The summed E-state index contributed by atoms with van der Waals surface area (Å²) < 4.78 is 0. The quantitative estimate of drug-likeness (QED) is 0.630. The fourth-order valence-electron chi connectivity index (χ4n) is 1.17. The molecular weight excluding hydrogens is 232 g/mol. The van der Waals surface area contributed by atoms with Crippen molar-refractivity contribution in [3.05, 3.63) is 33.3 Å². The van der Waals surface area contributed by atoms with Crippen LogP contribution < -0.4 is 5.32 Å². The van der Waals surface area contributed by atoms with Gasteiger partial charge in [-0.25, -0.2) is 0 Å². The first-order valence-corrected chi connectivity index (χ1v) is 5.06. The Morgan fingerprint density at radius 2 is 2.19 bits per heavy atom. The van der Waals surface area contributed by atoms with E-state index in [-0.39, 0.29) is 12.3 Å². The van der Waals surface area contributed by atoms with E-state index in [0.717, 1.165) is 0 Å². The molecule has 0 aliphatic rings. The molecule has 2 N–H and O–H groups in total. The molecule has 5 nitrogen and oxygen atoms in total. The van der Waals surface area contributed by atoms with Crippen molar-refractivity contribution in [3.63, 3.8) is 0 Å². The molecular formula is C10H13ClN2O3. The van der Waals surface area contributed by atoms with Gasteiger partial charge in [0, 0.05) is 11.1 Å². The average Bonchev–Trinajstić information content (AvgIpc) is 2.16. The molecule has 0 bridgehead atoms. The Morgan fingerprint density at radius 1 is 1.56 bits per heavy atom. The van der Waals surface area contributed by atoms with Crippen molar-refractivity contribution in [3.8, 4) is 0 Å². The van der Waals surface area contributed by atoms with Crippen molar-refractivity contribution in [1.29, 1.82) is 0 Å². The lowest BCUT2D eigenvalue weighted by molar-refractivity contribution is -0.384. The van der Waals surface area contributed by atoms with Gasteiger partial charge in [0.25, 0.3) is 5.69 Å². The van der Waals surface area contributed by atoms with Gasteiger partial charge in [-0.3, -0.25) is 10.1 Å². The lowest BCUT2D eigenvalue weighted by Crippen LogP contribution is -2.35. The summed E-state index contributed by atoms with van der Waals surface area (Å²) in [5.41, 5.74) is -0.405. The minimum absolute atomic E-state index is 0.0640. The molecule has 0 unspecified atom stereocenters. The smallest absolute Gasteiger partial charge is 0.292 e. The lowest BCUT2D eigenvalue weighted by Gasteiger charge is -2.24. The average molecular weight is 245 g/mol. The summed E-state index contributed by atoms with van der Waals surface area (Å²) in [6, 6.07) is 4.26. The van der Waals surface area contributed by atoms with Crippen LogP contribution in [0.3, 0.4) is 0 Å². The number of hydrogen-bond acceptors (Lipinski definition) is 4. The first-order chi connectivity index (χ1) is 7.35. The molecule has 16 heavy (non-hydrogen) atoms. The second-order valence-corrected chi connectivity index (χ2v) is 4.52. The fourth-order valence-corrected chi connectivity index (χ4v) is 1.34. The maximum absolute atomic E-state index is 10.8. The third-order valence-electron chi connectivity index (χ3n) is 2.02. The Morgan fingerprint density at radius 3 is 2.69 bits per heavy atom. The van der Waals surface area contributed by atoms with E-state index >= 15 is 0 Å². The molecule has 0 aliphatic heterocycles. The highest BCUT2D eigenvalue weighted by Gasteiger charge is 2.21. The van der Waals surface area contributed by atoms with Gasteiger partial charge in [0.05, 0.1) is 17.1 Å². The number of benzene rings is 1. The molecule has 0 atom stereocenters. The van der Waals surface area contributed by atoms with Crippen LogP contribution in [0.5, 0.6) is 0 Å². The molecule has 0 radical (unpaired) electrons. The molecule has 0 aliphatic carbocycles. The first-order valence-electron chi connectivity index (χ1n) is 4.69. The normalized spacial score (nSPS) is 11.2. The lowest BCUT2D eigenvalue weighted by atomic mass is 10.1. The summed E-state index contributed by atoms with van der Waals surface area (Å²) in [6.45, 7) is 3.33. The van der Waals surface area contributed by atoms with Crippen LogP contribution in [0.2, 0.25) is 5.02 Å². The number of halogens is 1. The topological polar surface area (TPSA) is 75.4 Å². The Labute approximate surface area is 98.2 Å². The van der Waals surface area contributed by atoms with E-state index < -0.39 is 10.5 Å². The third kappa shape index (κ3) is 3.08. The molecule has 1 aromatic carbocycles. The summed E-state index contributed by atoms with van der Waals surface area (Å²) in [4.78, 5) is 10.3. The molecule has 0 aromatic heterocycles. The van der Waals surface area contributed by atoms with Gasteiger partial charge in [0.1, 0.15) is 5.69 Å². The van der Waals surface area contributed by atoms with Crippen molar-refractivity contribution < 1.29 is 10.0 Å². The molecule has 0 saturated carbocycles. The minimum Gasteiger partial charge on any atom is -0.394 e. The van der Waals surface area contributed by atoms with Crippen molar-refractivity contribution in [2.75, 3.05) is 11.9 Å². The van der Waals surface area contributed by atoms with E-state index in [9.17, 15) is 10.1 Å². The van der Waals surface area contributed by atoms with Gasteiger partial charge in [-0.1, -0.05) is 11.6 Å². The number of hydrogen-bond donors (Lipinski definition) is 2. The number of nitrogens with one attached hydrogen (secondary N) is 1. The van der Waals surface area contributed by atoms with Crippen molar-refractivity contribution in [2.45, 2.75) is 19.4 Å². The minimum atomic E-state index is -0.643. The van der Waals surface area contributed by atoms with E-state index in [1.54, 1.807) is 13.8 Å². The monoisotopic (exact) mass is 244 g/mol. The number of aliphatic hydroxyl groups is 1. The maximum atomic E-state index is 10.8. The van der Waals surface area contributed by atoms with Gasteiger partial charge in [0.15, 0.2) is 0 Å². The third-order valence-corrected chi connectivity index (χ3v) is 2.26. The van der Waals surface area contributed by atoms with Crippen LogP contribution in [-0.4, -0.2) is 22.2 Å². The zero-order valence-electron chi connectivity index (χ0n) is 9.03. The van der Waals surface area contributed by atoms with Crippen molar-refractivity contribution >= 4 is 23.0 Å². The molecule has 0 fully saturated rings. The number of anilines is 1. The summed E-state index contributed by atoms with van der Waals surface area (Å²) >= 11 is 5.77. The second kappa shape index (κ2) is 4.67. The summed E-state index contributed by atoms with van der Waals surface area (Å²) in [7, 11) is 0. The molecule has 0 heterocycles. The maximum Gasteiger partial charge on any atom is 0.292 e. The second-order valence-electron chi connectivity index (χ2n) is 4.09. The van der Waals surface area contributed by atoms with Crippen LogP contribution >= 0.6 is 11.6 Å². The largest absolute Gasteiger partial charge is 0.394 e. The zero-order chi connectivity index (χ0) is 12.3. The van der Waals surface area contributed by atoms with E-state index in [2.05, 4.69) is 5.32 Å². The summed E-state index contributed by atoms with van der Waals surface area (Å²) in [5.74, 6) is 0. The number of aliphatic hydroxyl groups excluding tert-OH is 1. The standard InChI is InChI=1S/C10H13ClN2O3/c1-10(2,6-14)12-8-5-7(11)3-4-9(8)13(15)16/h3-5,12,14H,6H2,1-2H3. The van der Waals surface area contributed by atoms with Crippen molar-refractivity contribution in [2.24, 2.45) is 0 Å². The first kappa shape index (κ1) is 12.7. The Balaban J connectivity index is 3.10. The van der Waals surface area contributed by atoms with Gasteiger partial charge in [-0.2, -0.15) is 0 Å². The van der Waals surface area contributed by atoms with Gasteiger partial charge < -0.3 is 10.4 Å². The predicted molar refractivity (Wildman–Crippen MR) is 62.9 cm³/mol. The summed E-state index contributed by atoms with van der Waals surface area (Å²) in [5, 5.41) is 23.1. The number of nitro groups is 1. The Hall–Kier alpha value is -1.33. The molecule has 0 amide bonds. The van der Waals surface area contributed by atoms with Gasteiger partial charge >= 0.3 is 0 Å². The van der Waals surface area contributed by atoms with Gasteiger partial charge in [0.2, 0.25) is 0 Å². The number of nitro benzene ring substituents is 1. The highest BCUT2D eigenvalue weighted by atomic mass is 35.5. The van der Waals surface area contributed by atoms with Gasteiger partial charge in [-0.05, 0) is 26.0 Å². The van der Waals surface area contributed by atoms with E-state index in [4.69, 9.17) is 16.7 Å². The molecule has 1 rings (SSSR count). The van der Waals surface area contributed by atoms with Crippen LogP contribution in [0, 0.1) is 10.1 Å². The molecule has 88 valence electrons. The zero-order valence-corrected chi connectivity index (χ0v) is 9.78. The van der Waals surface area contributed by atoms with E-state index in [1.807, 2.05) is 0 Å². The van der Waals surface area contributed by atoms with E-state index in [1.165, 1.54) is 18.2 Å². The van der Waals surface area contributed by atoms with Crippen LogP contribution in [0.1, 0.15) is 13.8 Å². The number of rotatable bonds is 4. The molecule has 6 heteroatoms. The highest BCUT2D eigenvalue weighted by molar-refractivity contribution is 6.31. The van der Waals surface area contributed by atoms with Crippen LogP contribution in [0.25, 0.3) is 0 Å². The Kier molecular flexibility index (Phi) is 3.72.